The number of fused-ring (bicyclic) bond motifs is 3. The summed E-state index contributed by atoms with van der Waals surface area (Å²) < 4.78 is 12.4. The molecule has 5 nitrogen and oxygen atoms in total. The van der Waals surface area contributed by atoms with Crippen molar-refractivity contribution in [1.29, 1.82) is 0 Å². The summed E-state index contributed by atoms with van der Waals surface area (Å²) in [6.45, 7) is 4.94. The van der Waals surface area contributed by atoms with Gasteiger partial charge in [0, 0.05) is 16.8 Å². The van der Waals surface area contributed by atoms with Crippen LogP contribution >= 0.6 is 0 Å². The van der Waals surface area contributed by atoms with Crippen molar-refractivity contribution in [1.82, 2.24) is 0 Å². The highest BCUT2D eigenvalue weighted by Gasteiger charge is 2.25. The largest absolute Gasteiger partial charge is 1.00 e. The zero-order chi connectivity index (χ0) is 21.3. The molecular formula is C26H27IN2O3. The second kappa shape index (κ2) is 9.60. The van der Waals surface area contributed by atoms with Crippen molar-refractivity contribution in [3.05, 3.63) is 77.4 Å². The Morgan fingerprint density at radius 1 is 1.00 bits per heavy atom. The third kappa shape index (κ3) is 4.82. The van der Waals surface area contributed by atoms with E-state index >= 15 is 0 Å². The number of quaternary nitrogens is 1. The summed E-state index contributed by atoms with van der Waals surface area (Å²) in [5.41, 5.74) is 3.65. The summed E-state index contributed by atoms with van der Waals surface area (Å²) >= 11 is 0. The van der Waals surface area contributed by atoms with E-state index in [0.29, 0.717) is 5.57 Å². The van der Waals surface area contributed by atoms with Gasteiger partial charge in [0.1, 0.15) is 32.0 Å². The van der Waals surface area contributed by atoms with E-state index in [1.807, 2.05) is 42.5 Å². The molecule has 0 spiro atoms. The monoisotopic (exact) mass is 542 g/mol. The summed E-state index contributed by atoms with van der Waals surface area (Å²) in [5.74, 6) is 0.692. The number of carbonyl (C=O) groups excluding carboxylic acids is 1. The highest BCUT2D eigenvalue weighted by atomic mass is 127. The van der Waals surface area contributed by atoms with Gasteiger partial charge in [0.25, 0.3) is 5.91 Å². The molecule has 166 valence electrons. The van der Waals surface area contributed by atoms with E-state index in [9.17, 15) is 4.79 Å². The predicted octanol–water partition coefficient (Wildman–Crippen LogP) is 1.24. The number of likely N-dealkylation sites (N-methyl/N-ethyl adjacent to an activating group) is 1. The lowest BCUT2D eigenvalue weighted by atomic mass is 9.99. The maximum absolute atomic E-state index is 12.9. The third-order valence-corrected chi connectivity index (χ3v) is 6.25. The molecule has 1 fully saturated rings. The molecule has 2 heterocycles. The fourth-order valence-corrected chi connectivity index (χ4v) is 4.34. The van der Waals surface area contributed by atoms with Crippen molar-refractivity contribution in [2.45, 2.75) is 6.54 Å². The zero-order valence-electron chi connectivity index (χ0n) is 18.1. The first kappa shape index (κ1) is 22.8. The van der Waals surface area contributed by atoms with Crippen LogP contribution in [0.5, 0.6) is 5.75 Å². The molecule has 0 aromatic heterocycles. The van der Waals surface area contributed by atoms with E-state index in [1.54, 1.807) is 0 Å². The Balaban J connectivity index is 0.00000245. The molecule has 3 aromatic rings. The molecule has 1 N–H and O–H groups in total. The molecule has 0 atom stereocenters. The number of nitrogens with one attached hydrogen (secondary N) is 1. The molecule has 0 bridgehead atoms. The lowest BCUT2D eigenvalue weighted by molar-refractivity contribution is -0.929. The molecule has 0 aliphatic carbocycles. The minimum Gasteiger partial charge on any atom is -1.00 e. The van der Waals surface area contributed by atoms with Gasteiger partial charge in [-0.15, -0.1) is 0 Å². The van der Waals surface area contributed by atoms with E-state index in [-0.39, 0.29) is 36.5 Å². The van der Waals surface area contributed by atoms with E-state index in [0.717, 1.165) is 65.1 Å². The molecule has 2 aliphatic heterocycles. The number of hydrogen-bond acceptors (Lipinski definition) is 3. The van der Waals surface area contributed by atoms with Gasteiger partial charge in [-0.25, -0.2) is 0 Å². The van der Waals surface area contributed by atoms with Crippen LogP contribution in [-0.4, -0.2) is 50.3 Å². The quantitative estimate of drug-likeness (QED) is 0.399. The molecule has 32 heavy (non-hydrogen) atoms. The molecule has 2 aliphatic rings. The second-order valence-electron chi connectivity index (χ2n) is 8.65. The maximum atomic E-state index is 12.9. The average Bonchev–Trinajstić information content (AvgIpc) is 2.80. The second-order valence-corrected chi connectivity index (χ2v) is 8.65. The Hall–Kier alpha value is -2.42. The van der Waals surface area contributed by atoms with Crippen LogP contribution in [0.2, 0.25) is 0 Å². The molecule has 1 saturated heterocycles. The van der Waals surface area contributed by atoms with Crippen LogP contribution in [0.15, 0.2) is 66.2 Å². The minimum atomic E-state index is -0.126. The Labute approximate surface area is 205 Å². The van der Waals surface area contributed by atoms with Gasteiger partial charge in [0.05, 0.1) is 25.8 Å². The smallest absolute Gasteiger partial charge is 0.255 e. The van der Waals surface area contributed by atoms with Crippen molar-refractivity contribution in [3.8, 4) is 5.75 Å². The van der Waals surface area contributed by atoms with Crippen LogP contribution in [0, 0.1) is 0 Å². The zero-order valence-corrected chi connectivity index (χ0v) is 20.3. The Morgan fingerprint density at radius 3 is 2.53 bits per heavy atom. The fourth-order valence-electron chi connectivity index (χ4n) is 4.34. The molecule has 6 heteroatoms. The molecule has 0 radical (unpaired) electrons. The molecule has 1 amide bonds. The van der Waals surface area contributed by atoms with Crippen LogP contribution < -0.4 is 34.0 Å². The van der Waals surface area contributed by atoms with Crippen LogP contribution in [0.3, 0.4) is 0 Å². The molecular weight excluding hydrogens is 515 g/mol. The summed E-state index contributed by atoms with van der Waals surface area (Å²) in [5, 5.41) is 5.24. The normalized spacial score (nSPS) is 16.8. The topological polar surface area (TPSA) is 47.6 Å². The Morgan fingerprint density at radius 2 is 1.75 bits per heavy atom. The van der Waals surface area contributed by atoms with Gasteiger partial charge in [-0.05, 0) is 35.0 Å². The fraction of sp³-hybridized carbons (Fsp3) is 0.269. The van der Waals surface area contributed by atoms with Crippen molar-refractivity contribution in [2.75, 3.05) is 45.3 Å². The standard InChI is InChI=1S/C26H26N2O3.HI/c1-28(12-14-30-15-13-28)17-19-6-9-22(10-7-19)27-26(29)21-16-24-23-5-3-2-4-20(23)8-11-25(24)31-18-21;/h2-11,16H,12-15,17-18H2,1H3;1H. The highest BCUT2D eigenvalue weighted by Crippen LogP contribution is 2.33. The van der Waals surface area contributed by atoms with Crippen molar-refractivity contribution in [3.63, 3.8) is 0 Å². The molecule has 0 unspecified atom stereocenters. The van der Waals surface area contributed by atoms with Crippen molar-refractivity contribution >= 4 is 28.4 Å². The van der Waals surface area contributed by atoms with E-state index in [2.05, 4.69) is 36.6 Å². The van der Waals surface area contributed by atoms with Gasteiger partial charge in [0.2, 0.25) is 0 Å². The number of morpholine rings is 1. The number of halogens is 1. The minimum absolute atomic E-state index is 0. The first-order valence-electron chi connectivity index (χ1n) is 10.8. The maximum Gasteiger partial charge on any atom is 0.255 e. The van der Waals surface area contributed by atoms with E-state index < -0.39 is 0 Å². The van der Waals surface area contributed by atoms with Gasteiger partial charge < -0.3 is 43.3 Å². The Kier molecular flexibility index (Phi) is 6.83. The van der Waals surface area contributed by atoms with E-state index in [4.69, 9.17) is 9.47 Å². The van der Waals surface area contributed by atoms with Gasteiger partial charge >= 0.3 is 0 Å². The molecule has 5 rings (SSSR count). The number of anilines is 1. The van der Waals surface area contributed by atoms with Crippen LogP contribution in [-0.2, 0) is 16.1 Å². The van der Waals surface area contributed by atoms with E-state index in [1.165, 1.54) is 5.56 Å². The predicted molar refractivity (Wildman–Crippen MR) is 123 cm³/mol. The number of hydrogen-bond donors (Lipinski definition) is 1. The summed E-state index contributed by atoms with van der Waals surface area (Å²) in [7, 11) is 2.27. The van der Waals surface area contributed by atoms with Crippen molar-refractivity contribution in [2.24, 2.45) is 0 Å². The number of rotatable bonds is 4. The first-order valence-corrected chi connectivity index (χ1v) is 10.8. The highest BCUT2D eigenvalue weighted by molar-refractivity contribution is 6.09. The van der Waals surface area contributed by atoms with Gasteiger partial charge in [-0.3, -0.25) is 4.79 Å². The van der Waals surface area contributed by atoms with Crippen LogP contribution in [0.1, 0.15) is 11.1 Å². The van der Waals surface area contributed by atoms with Gasteiger partial charge in [-0.2, -0.15) is 0 Å². The first-order chi connectivity index (χ1) is 15.1. The number of ether oxygens (including phenoxy) is 2. The summed E-state index contributed by atoms with van der Waals surface area (Å²) in [6, 6.07) is 20.3. The van der Waals surface area contributed by atoms with Crippen LogP contribution in [0.25, 0.3) is 16.8 Å². The summed E-state index contributed by atoms with van der Waals surface area (Å²) in [4.78, 5) is 12.9. The number of benzene rings is 3. The SMILES string of the molecule is C[N+]1(Cc2ccc(NC(=O)C3=Cc4c(ccc5ccccc45)OC3)cc2)CCOCC1.[I-]. The molecule has 0 saturated carbocycles. The lowest BCUT2D eigenvalue weighted by Gasteiger charge is -2.37. The average molecular weight is 542 g/mol. The van der Waals surface area contributed by atoms with Gasteiger partial charge in [0.15, 0.2) is 0 Å². The molecule has 3 aromatic carbocycles. The third-order valence-electron chi connectivity index (χ3n) is 6.25. The Bertz CT molecular complexity index is 1150. The lowest BCUT2D eigenvalue weighted by Crippen LogP contribution is -3.00. The number of amides is 1. The van der Waals surface area contributed by atoms with Crippen LogP contribution in [0.4, 0.5) is 5.69 Å². The van der Waals surface area contributed by atoms with Gasteiger partial charge in [-0.1, -0.05) is 42.5 Å². The number of nitrogens with zero attached hydrogens (tertiary/aromatic N) is 1. The number of carbonyl (C=O) groups is 1. The summed E-state index contributed by atoms with van der Waals surface area (Å²) in [6.07, 6.45) is 1.95. The van der Waals surface area contributed by atoms with Crippen molar-refractivity contribution < 1.29 is 42.7 Å².